The van der Waals surface area contributed by atoms with Crippen LogP contribution in [0.5, 0.6) is 0 Å². The van der Waals surface area contributed by atoms with E-state index in [-0.39, 0.29) is 6.61 Å². The van der Waals surface area contributed by atoms with Crippen molar-refractivity contribution in [1.82, 2.24) is 9.38 Å². The predicted octanol–water partition coefficient (Wildman–Crippen LogP) is 2.29. The third kappa shape index (κ3) is 2.21. The summed E-state index contributed by atoms with van der Waals surface area (Å²) in [7, 11) is 0. The lowest BCUT2D eigenvalue weighted by atomic mass is 10.3. The summed E-state index contributed by atoms with van der Waals surface area (Å²) >= 11 is 1.58. The molecule has 0 spiro atoms. The molecule has 92 valence electrons. The predicted molar refractivity (Wildman–Crippen MR) is 71.7 cm³/mol. The van der Waals surface area contributed by atoms with Crippen molar-refractivity contribution in [2.75, 3.05) is 18.0 Å². The quantitative estimate of drug-likeness (QED) is 0.801. The molecule has 0 bridgehead atoms. The van der Waals surface area contributed by atoms with E-state index < -0.39 is 0 Å². The molecule has 5 heteroatoms. The van der Waals surface area contributed by atoms with Gasteiger partial charge in [-0.05, 0) is 6.42 Å². The smallest absolute Gasteiger partial charge is 0.195 e. The lowest BCUT2D eigenvalue weighted by Crippen LogP contribution is -2.25. The van der Waals surface area contributed by atoms with Crippen LogP contribution in [0.3, 0.4) is 0 Å². The minimum atomic E-state index is 0.00455. The maximum Gasteiger partial charge on any atom is 0.195 e. The molecule has 0 radical (unpaired) electrons. The van der Waals surface area contributed by atoms with Gasteiger partial charge >= 0.3 is 0 Å². The molecular weight excluding hydrogens is 234 g/mol. The summed E-state index contributed by atoms with van der Waals surface area (Å²) in [5.74, 6) is 0.876. The van der Waals surface area contributed by atoms with Crippen molar-refractivity contribution < 1.29 is 5.11 Å². The van der Waals surface area contributed by atoms with Gasteiger partial charge in [-0.2, -0.15) is 0 Å². The van der Waals surface area contributed by atoms with Crippen molar-refractivity contribution in [3.8, 4) is 0 Å². The molecule has 2 aromatic heterocycles. The van der Waals surface area contributed by atoms with Crippen molar-refractivity contribution >= 4 is 22.1 Å². The SMILES string of the molecule is C=CCN(CCC)c1nc2sccn2c1CO. The van der Waals surface area contributed by atoms with Crippen LogP contribution in [0.15, 0.2) is 24.2 Å². The Labute approximate surface area is 105 Å². The number of rotatable bonds is 6. The van der Waals surface area contributed by atoms with E-state index in [1.807, 2.05) is 22.1 Å². The second-order valence-electron chi connectivity index (χ2n) is 3.83. The molecule has 0 saturated carbocycles. The average Bonchev–Trinajstić information content (AvgIpc) is 2.87. The lowest BCUT2D eigenvalue weighted by molar-refractivity contribution is 0.276. The first-order valence-electron chi connectivity index (χ1n) is 5.73. The number of aliphatic hydroxyl groups is 1. The van der Waals surface area contributed by atoms with Crippen molar-refractivity contribution in [2.45, 2.75) is 20.0 Å². The minimum absolute atomic E-state index is 0.00455. The summed E-state index contributed by atoms with van der Waals surface area (Å²) < 4.78 is 1.95. The molecule has 2 heterocycles. The fourth-order valence-corrected chi connectivity index (χ4v) is 2.66. The molecule has 0 atom stereocenters. The van der Waals surface area contributed by atoms with Crippen LogP contribution in [0.1, 0.15) is 19.0 Å². The molecule has 0 aromatic carbocycles. The summed E-state index contributed by atoms with van der Waals surface area (Å²) in [6.45, 7) is 7.58. The zero-order chi connectivity index (χ0) is 12.3. The van der Waals surface area contributed by atoms with Gasteiger partial charge in [0.25, 0.3) is 0 Å². The lowest BCUT2D eigenvalue weighted by Gasteiger charge is -2.21. The molecule has 1 N–H and O–H groups in total. The number of anilines is 1. The Hall–Kier alpha value is -1.33. The maximum atomic E-state index is 9.50. The highest BCUT2D eigenvalue weighted by Gasteiger charge is 2.16. The van der Waals surface area contributed by atoms with E-state index in [2.05, 4.69) is 23.4 Å². The van der Waals surface area contributed by atoms with Gasteiger partial charge in [-0.1, -0.05) is 13.0 Å². The molecule has 0 unspecified atom stereocenters. The third-order valence-electron chi connectivity index (χ3n) is 2.63. The molecule has 2 rings (SSSR count). The monoisotopic (exact) mass is 251 g/mol. The van der Waals surface area contributed by atoms with Gasteiger partial charge in [-0.15, -0.1) is 17.9 Å². The molecule has 0 fully saturated rings. The summed E-state index contributed by atoms with van der Waals surface area (Å²) in [6, 6.07) is 0. The fourth-order valence-electron chi connectivity index (χ4n) is 1.93. The Kier molecular flexibility index (Phi) is 3.81. The van der Waals surface area contributed by atoms with E-state index in [1.165, 1.54) is 0 Å². The molecule has 0 amide bonds. The van der Waals surface area contributed by atoms with E-state index >= 15 is 0 Å². The Morgan fingerprint density at radius 3 is 3.12 bits per heavy atom. The number of hydrogen-bond donors (Lipinski definition) is 1. The van der Waals surface area contributed by atoms with E-state index in [0.717, 1.165) is 36.0 Å². The average molecular weight is 251 g/mol. The van der Waals surface area contributed by atoms with Gasteiger partial charge in [0, 0.05) is 24.7 Å². The fraction of sp³-hybridized carbons (Fsp3) is 0.417. The van der Waals surface area contributed by atoms with Crippen LogP contribution in [-0.2, 0) is 6.61 Å². The van der Waals surface area contributed by atoms with Crippen LogP contribution in [0, 0.1) is 0 Å². The second kappa shape index (κ2) is 5.33. The Morgan fingerprint density at radius 1 is 1.65 bits per heavy atom. The van der Waals surface area contributed by atoms with Crippen LogP contribution in [0.25, 0.3) is 4.96 Å². The number of imidazole rings is 1. The molecule has 0 aliphatic carbocycles. The van der Waals surface area contributed by atoms with E-state index in [9.17, 15) is 5.11 Å². The minimum Gasteiger partial charge on any atom is -0.390 e. The van der Waals surface area contributed by atoms with Gasteiger partial charge in [-0.3, -0.25) is 4.40 Å². The molecular formula is C12H17N3OS. The van der Waals surface area contributed by atoms with Gasteiger partial charge in [0.15, 0.2) is 10.8 Å². The Balaban J connectivity index is 2.43. The van der Waals surface area contributed by atoms with Crippen LogP contribution < -0.4 is 4.90 Å². The van der Waals surface area contributed by atoms with Crippen LogP contribution in [-0.4, -0.2) is 27.6 Å². The molecule has 0 aliphatic heterocycles. The number of nitrogens with zero attached hydrogens (tertiary/aromatic N) is 3. The van der Waals surface area contributed by atoms with Crippen molar-refractivity contribution in [3.05, 3.63) is 29.9 Å². The molecule has 2 aromatic rings. The second-order valence-corrected chi connectivity index (χ2v) is 4.70. The molecule has 0 saturated heterocycles. The van der Waals surface area contributed by atoms with Crippen LogP contribution in [0.2, 0.25) is 0 Å². The standard InChI is InChI=1S/C12H17N3OS/c1-3-5-14(6-4-2)11-10(9-16)15-7-8-17-12(15)13-11/h3,7-8,16H,1,4-6,9H2,2H3. The maximum absolute atomic E-state index is 9.50. The first kappa shape index (κ1) is 12.1. The molecule has 0 aliphatic rings. The summed E-state index contributed by atoms with van der Waals surface area (Å²) in [4.78, 5) is 7.66. The Morgan fingerprint density at radius 2 is 2.47 bits per heavy atom. The highest BCUT2D eigenvalue weighted by Crippen LogP contribution is 2.24. The normalized spacial score (nSPS) is 10.9. The topological polar surface area (TPSA) is 40.8 Å². The van der Waals surface area contributed by atoms with Crippen molar-refractivity contribution in [1.29, 1.82) is 0 Å². The van der Waals surface area contributed by atoms with E-state index in [4.69, 9.17) is 0 Å². The first-order valence-corrected chi connectivity index (χ1v) is 6.60. The summed E-state index contributed by atoms with van der Waals surface area (Å²) in [5, 5.41) is 11.5. The molecule has 4 nitrogen and oxygen atoms in total. The summed E-state index contributed by atoms with van der Waals surface area (Å²) in [5.41, 5.74) is 0.858. The number of fused-ring (bicyclic) bond motifs is 1. The molecule has 17 heavy (non-hydrogen) atoms. The van der Waals surface area contributed by atoms with Crippen LogP contribution in [0.4, 0.5) is 5.82 Å². The van der Waals surface area contributed by atoms with Crippen molar-refractivity contribution in [2.24, 2.45) is 0 Å². The van der Waals surface area contributed by atoms with E-state index in [0.29, 0.717) is 0 Å². The largest absolute Gasteiger partial charge is 0.390 e. The van der Waals surface area contributed by atoms with Gasteiger partial charge < -0.3 is 10.0 Å². The van der Waals surface area contributed by atoms with Gasteiger partial charge in [0.1, 0.15) is 0 Å². The summed E-state index contributed by atoms with van der Waals surface area (Å²) in [6.07, 6.45) is 4.86. The number of hydrogen-bond acceptors (Lipinski definition) is 4. The van der Waals surface area contributed by atoms with Crippen molar-refractivity contribution in [3.63, 3.8) is 0 Å². The van der Waals surface area contributed by atoms with Gasteiger partial charge in [-0.25, -0.2) is 4.98 Å². The third-order valence-corrected chi connectivity index (χ3v) is 3.39. The number of aliphatic hydroxyl groups excluding tert-OH is 1. The van der Waals surface area contributed by atoms with Crippen LogP contribution >= 0.6 is 11.3 Å². The van der Waals surface area contributed by atoms with E-state index in [1.54, 1.807) is 11.3 Å². The van der Waals surface area contributed by atoms with Gasteiger partial charge in [0.2, 0.25) is 0 Å². The Bertz CT molecular complexity index is 503. The number of thiazole rings is 1. The number of aromatic nitrogens is 2. The highest BCUT2D eigenvalue weighted by atomic mass is 32.1. The first-order chi connectivity index (χ1) is 8.31. The zero-order valence-electron chi connectivity index (χ0n) is 9.96. The zero-order valence-corrected chi connectivity index (χ0v) is 10.8. The highest BCUT2D eigenvalue weighted by molar-refractivity contribution is 7.15. The van der Waals surface area contributed by atoms with Gasteiger partial charge in [0.05, 0.1) is 12.3 Å².